The quantitative estimate of drug-likeness (QED) is 0.593. The van der Waals surface area contributed by atoms with E-state index in [9.17, 15) is 0 Å². The van der Waals surface area contributed by atoms with E-state index in [2.05, 4.69) is 44.0 Å². The van der Waals surface area contributed by atoms with Crippen molar-refractivity contribution in [2.75, 3.05) is 0 Å². The molecule has 0 aromatic carbocycles. The molecule has 1 aliphatic rings. The van der Waals surface area contributed by atoms with Crippen molar-refractivity contribution in [3.8, 4) is 0 Å². The first-order chi connectivity index (χ1) is 3.29. The van der Waals surface area contributed by atoms with Gasteiger partial charge in [0.05, 0.1) is 0 Å². The van der Waals surface area contributed by atoms with Crippen LogP contribution < -0.4 is 0 Å². The maximum absolute atomic E-state index is 3.36. The van der Waals surface area contributed by atoms with Crippen LogP contribution in [0.1, 0.15) is 6.42 Å². The zero-order valence-corrected chi connectivity index (χ0v) is 6.79. The molecule has 0 aromatic heterocycles. The number of allylic oxidation sites excluding steroid dienone is 4. The highest BCUT2D eigenvalue weighted by Crippen LogP contribution is 2.25. The van der Waals surface area contributed by atoms with Gasteiger partial charge in [-0.05, 0) is 17.0 Å². The highest BCUT2D eigenvalue weighted by molar-refractivity contribution is 9.12. The third kappa shape index (κ3) is 1.42. The monoisotopic (exact) mass is 222 g/mol. The average Bonchev–Trinajstić information content (AvgIpc) is 1.87. The molecule has 0 saturated carbocycles. The first-order valence-electron chi connectivity index (χ1n) is 2.01. The predicted molar refractivity (Wildman–Crippen MR) is 38.6 cm³/mol. The normalized spacial score (nSPS) is 19.1. The molecule has 1 aliphatic carbocycles. The average molecular weight is 224 g/mol. The Morgan fingerprint density at radius 3 is 2.29 bits per heavy atom. The molecule has 0 heterocycles. The van der Waals surface area contributed by atoms with E-state index in [0.29, 0.717) is 0 Å². The van der Waals surface area contributed by atoms with Gasteiger partial charge in [-0.2, -0.15) is 0 Å². The number of rotatable bonds is 0. The highest BCUT2D eigenvalue weighted by Gasteiger charge is 1.97. The van der Waals surface area contributed by atoms with Crippen molar-refractivity contribution in [2.45, 2.75) is 6.42 Å². The van der Waals surface area contributed by atoms with Crippen molar-refractivity contribution in [3.63, 3.8) is 0 Å². The van der Waals surface area contributed by atoms with Crippen LogP contribution in [-0.4, -0.2) is 0 Å². The van der Waals surface area contributed by atoms with Crippen LogP contribution >= 0.6 is 31.9 Å². The van der Waals surface area contributed by atoms with Crippen molar-refractivity contribution >= 4 is 31.9 Å². The van der Waals surface area contributed by atoms with Gasteiger partial charge in [-0.15, -0.1) is 0 Å². The first-order valence-corrected chi connectivity index (χ1v) is 3.59. The number of halogens is 2. The van der Waals surface area contributed by atoms with Crippen molar-refractivity contribution in [1.29, 1.82) is 0 Å². The summed E-state index contributed by atoms with van der Waals surface area (Å²) >= 11 is 6.69. The predicted octanol–water partition coefficient (Wildman–Crippen LogP) is 2.95. The number of hydrogen-bond acceptors (Lipinski definition) is 0. The van der Waals surface area contributed by atoms with Gasteiger partial charge in [0.1, 0.15) is 0 Å². The summed E-state index contributed by atoms with van der Waals surface area (Å²) in [4.78, 5) is 0. The second-order valence-electron chi connectivity index (χ2n) is 1.38. The van der Waals surface area contributed by atoms with Gasteiger partial charge in [-0.3, -0.25) is 0 Å². The van der Waals surface area contributed by atoms with E-state index in [1.807, 2.05) is 0 Å². The molecule has 38 valence electrons. The Balaban J connectivity index is 2.69. The topological polar surface area (TPSA) is 0 Å². The van der Waals surface area contributed by atoms with Gasteiger partial charge in [0.2, 0.25) is 0 Å². The Morgan fingerprint density at radius 2 is 2.14 bits per heavy atom. The Hall–Kier alpha value is 0.440. The van der Waals surface area contributed by atoms with E-state index in [0.717, 1.165) is 6.42 Å². The summed E-state index contributed by atoms with van der Waals surface area (Å²) < 4.78 is 2.43. The molecule has 0 fully saturated rings. The van der Waals surface area contributed by atoms with Crippen LogP contribution in [-0.2, 0) is 0 Å². The zero-order chi connectivity index (χ0) is 5.28. The molecule has 0 nitrogen and oxygen atoms in total. The Morgan fingerprint density at radius 1 is 1.43 bits per heavy atom. The highest BCUT2D eigenvalue weighted by atomic mass is 79.9. The smallest absolute Gasteiger partial charge is 0.0146 e. The van der Waals surface area contributed by atoms with E-state index in [1.54, 1.807) is 0 Å². The fourth-order valence-corrected chi connectivity index (χ4v) is 1.62. The molecule has 0 aliphatic heterocycles. The second-order valence-corrected chi connectivity index (χ2v) is 3.32. The molecule has 0 bridgehead atoms. The molecular weight excluding hydrogens is 220 g/mol. The molecule has 0 spiro atoms. The minimum absolute atomic E-state index is 1.04. The van der Waals surface area contributed by atoms with E-state index in [-0.39, 0.29) is 0 Å². The van der Waals surface area contributed by atoms with Crippen LogP contribution in [0.2, 0.25) is 0 Å². The maximum atomic E-state index is 3.36. The fourth-order valence-electron chi connectivity index (χ4n) is 0.462. The summed E-state index contributed by atoms with van der Waals surface area (Å²) in [6.45, 7) is 0. The van der Waals surface area contributed by atoms with Crippen LogP contribution in [0, 0.1) is 0 Å². The standard InChI is InChI=1S/C5H4Br2/c6-4-1-2-5(7)3-4/h1,3H,2H2. The van der Waals surface area contributed by atoms with Gasteiger partial charge in [0, 0.05) is 4.48 Å². The van der Waals surface area contributed by atoms with Gasteiger partial charge in [0.15, 0.2) is 0 Å². The largest absolute Gasteiger partial charge is 0.0653 e. The van der Waals surface area contributed by atoms with Gasteiger partial charge >= 0.3 is 0 Å². The third-order valence-electron chi connectivity index (χ3n) is 0.787. The molecule has 0 amide bonds. The molecule has 0 radical (unpaired) electrons. The summed E-state index contributed by atoms with van der Waals surface area (Å²) in [5.74, 6) is 0. The second kappa shape index (κ2) is 2.14. The number of hydrogen-bond donors (Lipinski definition) is 0. The van der Waals surface area contributed by atoms with Gasteiger partial charge in [0.25, 0.3) is 0 Å². The van der Waals surface area contributed by atoms with Crippen LogP contribution in [0.15, 0.2) is 21.1 Å². The lowest BCUT2D eigenvalue weighted by molar-refractivity contribution is 1.42. The van der Waals surface area contributed by atoms with Crippen LogP contribution in [0.3, 0.4) is 0 Å². The minimum Gasteiger partial charge on any atom is -0.0653 e. The van der Waals surface area contributed by atoms with Crippen LogP contribution in [0.5, 0.6) is 0 Å². The summed E-state index contributed by atoms with van der Waals surface area (Å²) in [7, 11) is 0. The zero-order valence-electron chi connectivity index (χ0n) is 3.62. The van der Waals surface area contributed by atoms with Crippen molar-refractivity contribution in [1.82, 2.24) is 0 Å². The lowest BCUT2D eigenvalue weighted by Crippen LogP contribution is -1.51. The summed E-state index contributed by atoms with van der Waals surface area (Å²) in [5, 5.41) is 0. The van der Waals surface area contributed by atoms with E-state index in [4.69, 9.17) is 0 Å². The van der Waals surface area contributed by atoms with Gasteiger partial charge < -0.3 is 0 Å². The van der Waals surface area contributed by atoms with Crippen molar-refractivity contribution < 1.29 is 0 Å². The molecule has 2 heteroatoms. The minimum atomic E-state index is 1.04. The summed E-state index contributed by atoms with van der Waals surface area (Å²) in [5.41, 5.74) is 0. The molecule has 0 atom stereocenters. The van der Waals surface area contributed by atoms with Gasteiger partial charge in [-0.25, -0.2) is 0 Å². The Kier molecular flexibility index (Phi) is 1.70. The third-order valence-corrected chi connectivity index (χ3v) is 1.89. The fraction of sp³-hybridized carbons (Fsp3) is 0.200. The first kappa shape index (κ1) is 5.57. The molecule has 0 N–H and O–H groups in total. The van der Waals surface area contributed by atoms with E-state index < -0.39 is 0 Å². The Bertz CT molecular complexity index is 133. The lowest BCUT2D eigenvalue weighted by Gasteiger charge is -1.76. The van der Waals surface area contributed by atoms with E-state index in [1.165, 1.54) is 8.96 Å². The van der Waals surface area contributed by atoms with Gasteiger partial charge in [-0.1, -0.05) is 37.9 Å². The van der Waals surface area contributed by atoms with Crippen LogP contribution in [0.25, 0.3) is 0 Å². The maximum Gasteiger partial charge on any atom is 0.0146 e. The molecule has 0 unspecified atom stereocenters. The summed E-state index contributed by atoms with van der Waals surface area (Å²) in [6, 6.07) is 0. The molecule has 0 aromatic rings. The van der Waals surface area contributed by atoms with Crippen LogP contribution in [0.4, 0.5) is 0 Å². The van der Waals surface area contributed by atoms with Crippen molar-refractivity contribution in [2.24, 2.45) is 0 Å². The molecular formula is C5H4Br2. The Labute approximate surface area is 59.5 Å². The SMILES string of the molecule is BrC1=CCC(Br)=C1. The van der Waals surface area contributed by atoms with E-state index >= 15 is 0 Å². The molecule has 0 saturated heterocycles. The molecule has 7 heavy (non-hydrogen) atoms. The van der Waals surface area contributed by atoms with Crippen molar-refractivity contribution in [3.05, 3.63) is 21.1 Å². The molecule has 1 rings (SSSR count). The lowest BCUT2D eigenvalue weighted by atomic mass is 10.5. The summed E-state index contributed by atoms with van der Waals surface area (Å²) in [6.07, 6.45) is 5.21.